The first-order valence-corrected chi connectivity index (χ1v) is 8.50. The molecule has 0 spiro atoms. The first-order valence-electron chi connectivity index (χ1n) is 8.13. The highest BCUT2D eigenvalue weighted by atomic mass is 35.5. The van der Waals surface area contributed by atoms with Crippen LogP contribution in [0, 0.1) is 18.3 Å². The quantitative estimate of drug-likeness (QED) is 0.445. The molecule has 0 aliphatic rings. The number of aryl methyl sites for hydroxylation is 1. The summed E-state index contributed by atoms with van der Waals surface area (Å²) in [6.07, 6.45) is 5.54. The van der Waals surface area contributed by atoms with Crippen LogP contribution in [0.2, 0.25) is 5.15 Å². The molecule has 1 aromatic carbocycles. The highest BCUT2D eigenvalue weighted by Crippen LogP contribution is 2.32. The van der Waals surface area contributed by atoms with Gasteiger partial charge in [0.25, 0.3) is 0 Å². The van der Waals surface area contributed by atoms with Crippen molar-refractivity contribution in [3.05, 3.63) is 65.2 Å². The maximum atomic E-state index is 13.8. The lowest BCUT2D eigenvalue weighted by molar-refractivity contribution is 0.555. The maximum absolute atomic E-state index is 13.8. The van der Waals surface area contributed by atoms with Crippen molar-refractivity contribution in [1.82, 2.24) is 14.5 Å². The monoisotopic (exact) mass is 372 g/mol. The van der Waals surface area contributed by atoms with Crippen molar-refractivity contribution in [2.45, 2.75) is 26.3 Å². The van der Waals surface area contributed by atoms with Crippen molar-refractivity contribution >= 4 is 28.3 Å². The topological polar surface area (TPSA) is 79.0 Å². The van der Waals surface area contributed by atoms with Crippen LogP contribution in [-0.2, 0) is 0 Å². The Bertz CT molecular complexity index is 981. The number of anilines is 1. The summed E-state index contributed by atoms with van der Waals surface area (Å²) in [5, 5.41) is 7.70. The van der Waals surface area contributed by atoms with Gasteiger partial charge in [-0.2, -0.15) is 5.11 Å². The van der Waals surface area contributed by atoms with Crippen molar-refractivity contribution < 1.29 is 4.39 Å². The zero-order valence-electron chi connectivity index (χ0n) is 14.4. The predicted molar refractivity (Wildman–Crippen MR) is 99.9 cm³/mol. The Morgan fingerprint density at radius 2 is 2.19 bits per heavy atom. The molecule has 2 aromatic heterocycles. The van der Waals surface area contributed by atoms with Gasteiger partial charge in [0.2, 0.25) is 0 Å². The number of aromatic nitrogens is 3. The van der Waals surface area contributed by atoms with Gasteiger partial charge >= 0.3 is 0 Å². The molecule has 0 bridgehead atoms. The van der Waals surface area contributed by atoms with Gasteiger partial charge in [-0.05, 0) is 31.0 Å². The Morgan fingerprint density at radius 3 is 2.88 bits per heavy atom. The van der Waals surface area contributed by atoms with E-state index in [-0.39, 0.29) is 11.9 Å². The van der Waals surface area contributed by atoms with Crippen molar-refractivity contribution in [2.75, 3.05) is 5.32 Å². The number of halogens is 2. The van der Waals surface area contributed by atoms with Gasteiger partial charge in [-0.15, -0.1) is 0 Å². The number of nitrogens with one attached hydrogen (secondary N) is 2. The molecular formula is C18H18ClFN6. The summed E-state index contributed by atoms with van der Waals surface area (Å²) in [4.78, 5) is 8.37. The highest BCUT2D eigenvalue weighted by molar-refractivity contribution is 6.34. The van der Waals surface area contributed by atoms with Crippen LogP contribution in [0.4, 0.5) is 10.1 Å². The average molecular weight is 373 g/mol. The van der Waals surface area contributed by atoms with E-state index in [1.807, 2.05) is 24.6 Å². The summed E-state index contributed by atoms with van der Waals surface area (Å²) in [5.41, 5.74) is 9.95. The molecule has 8 heteroatoms. The van der Waals surface area contributed by atoms with E-state index in [4.69, 9.17) is 17.1 Å². The molecule has 0 amide bonds. The van der Waals surface area contributed by atoms with E-state index in [1.165, 1.54) is 12.4 Å². The van der Waals surface area contributed by atoms with E-state index in [9.17, 15) is 4.39 Å². The molecule has 3 aromatic rings. The lowest BCUT2D eigenvalue weighted by atomic mass is 10.1. The second-order valence-corrected chi connectivity index (χ2v) is 6.17. The van der Waals surface area contributed by atoms with Gasteiger partial charge in [0, 0.05) is 12.4 Å². The number of benzene rings is 1. The SMILES string of the molecule is CCC(/C(=C/Nc1ccccc1F)N=N)n1cc(C)c2c(Cl)ncnc21. The maximum Gasteiger partial charge on any atom is 0.146 e. The molecule has 0 saturated heterocycles. The highest BCUT2D eigenvalue weighted by Gasteiger charge is 2.20. The Labute approximate surface area is 155 Å². The molecule has 6 nitrogen and oxygen atoms in total. The van der Waals surface area contributed by atoms with Crippen LogP contribution >= 0.6 is 11.6 Å². The van der Waals surface area contributed by atoms with E-state index in [0.29, 0.717) is 28.6 Å². The summed E-state index contributed by atoms with van der Waals surface area (Å²) >= 11 is 6.20. The summed E-state index contributed by atoms with van der Waals surface area (Å²) in [6.45, 7) is 3.91. The molecule has 0 radical (unpaired) electrons. The third-order valence-electron chi connectivity index (χ3n) is 4.20. The Morgan fingerprint density at radius 1 is 1.42 bits per heavy atom. The van der Waals surface area contributed by atoms with Crippen LogP contribution in [0.5, 0.6) is 0 Å². The van der Waals surface area contributed by atoms with Gasteiger partial charge in [0.15, 0.2) is 0 Å². The van der Waals surface area contributed by atoms with Crippen LogP contribution in [0.3, 0.4) is 0 Å². The smallest absolute Gasteiger partial charge is 0.146 e. The number of para-hydroxylation sites is 1. The Kier molecular flexibility index (Phi) is 5.27. The van der Waals surface area contributed by atoms with Crippen molar-refractivity contribution in [1.29, 1.82) is 5.53 Å². The fourth-order valence-corrected chi connectivity index (χ4v) is 3.22. The summed E-state index contributed by atoms with van der Waals surface area (Å²) in [7, 11) is 0. The zero-order valence-corrected chi connectivity index (χ0v) is 15.1. The minimum atomic E-state index is -0.372. The summed E-state index contributed by atoms with van der Waals surface area (Å²) in [5.74, 6) is -0.372. The third kappa shape index (κ3) is 3.30. The van der Waals surface area contributed by atoms with Crippen molar-refractivity contribution in [2.24, 2.45) is 5.11 Å². The van der Waals surface area contributed by atoms with Gasteiger partial charge in [0.1, 0.15) is 28.6 Å². The summed E-state index contributed by atoms with van der Waals surface area (Å²) in [6, 6.07) is 6.08. The zero-order chi connectivity index (χ0) is 18.7. The average Bonchev–Trinajstić information content (AvgIpc) is 2.97. The van der Waals surface area contributed by atoms with Gasteiger partial charge in [-0.25, -0.2) is 19.9 Å². The molecule has 3 rings (SSSR count). The largest absolute Gasteiger partial charge is 0.358 e. The molecule has 0 fully saturated rings. The number of hydrogen-bond donors (Lipinski definition) is 2. The lowest BCUT2D eigenvalue weighted by Crippen LogP contribution is -2.11. The molecular weight excluding hydrogens is 355 g/mol. The van der Waals surface area contributed by atoms with E-state index in [2.05, 4.69) is 20.4 Å². The molecule has 1 atom stereocenters. The van der Waals surface area contributed by atoms with Gasteiger partial charge in [-0.1, -0.05) is 30.7 Å². The second kappa shape index (κ2) is 7.61. The van der Waals surface area contributed by atoms with Crippen molar-refractivity contribution in [3.63, 3.8) is 0 Å². The molecule has 2 N–H and O–H groups in total. The van der Waals surface area contributed by atoms with Crippen LogP contribution in [0.1, 0.15) is 24.9 Å². The molecule has 1 unspecified atom stereocenters. The fraction of sp³-hybridized carbons (Fsp3) is 0.222. The predicted octanol–water partition coefficient (Wildman–Crippen LogP) is 5.47. The Hall–Kier alpha value is -2.80. The molecule has 26 heavy (non-hydrogen) atoms. The third-order valence-corrected chi connectivity index (χ3v) is 4.48. The number of hydrogen-bond acceptors (Lipinski definition) is 5. The lowest BCUT2D eigenvalue weighted by Gasteiger charge is -2.18. The fourth-order valence-electron chi connectivity index (χ4n) is 2.94. The second-order valence-electron chi connectivity index (χ2n) is 5.81. The van der Waals surface area contributed by atoms with E-state index >= 15 is 0 Å². The van der Waals surface area contributed by atoms with Crippen LogP contribution in [0.25, 0.3) is 11.0 Å². The number of rotatable bonds is 6. The molecule has 0 aliphatic carbocycles. The summed E-state index contributed by atoms with van der Waals surface area (Å²) < 4.78 is 15.7. The minimum Gasteiger partial charge on any atom is -0.358 e. The molecule has 2 heterocycles. The first kappa shape index (κ1) is 18.0. The number of fused-ring (bicyclic) bond motifs is 1. The van der Waals surface area contributed by atoms with Crippen molar-refractivity contribution in [3.8, 4) is 0 Å². The van der Waals surface area contributed by atoms with Crippen LogP contribution < -0.4 is 5.32 Å². The van der Waals surface area contributed by atoms with E-state index < -0.39 is 0 Å². The van der Waals surface area contributed by atoms with E-state index in [1.54, 1.807) is 24.4 Å². The minimum absolute atomic E-state index is 0.256. The Balaban J connectivity index is 2.02. The normalized spacial score (nSPS) is 13.0. The van der Waals surface area contributed by atoms with E-state index in [0.717, 1.165) is 10.9 Å². The first-order chi connectivity index (χ1) is 12.6. The molecule has 134 valence electrons. The van der Waals surface area contributed by atoms with Gasteiger partial charge < -0.3 is 9.88 Å². The number of allylic oxidation sites excluding steroid dienone is 1. The standard InChI is InChI=1S/C18H18ClFN6/c1-3-15(14(25-21)8-22-13-7-5-4-6-12(13)20)26-9-11(2)16-17(19)23-10-24-18(16)26/h4-10,15,21-22H,3H2,1-2H3/b14-8-,25-21?. The van der Waals surface area contributed by atoms with Crippen LogP contribution in [0.15, 0.2) is 53.8 Å². The van der Waals surface area contributed by atoms with Gasteiger partial charge in [-0.3, -0.25) is 0 Å². The number of nitrogens with zero attached hydrogens (tertiary/aromatic N) is 4. The molecule has 0 saturated carbocycles. The van der Waals surface area contributed by atoms with Crippen LogP contribution in [-0.4, -0.2) is 14.5 Å². The molecule has 0 aliphatic heterocycles. The van der Waals surface area contributed by atoms with Gasteiger partial charge in [0.05, 0.1) is 17.1 Å².